The van der Waals surface area contributed by atoms with Crippen LogP contribution in [0.3, 0.4) is 0 Å². The SMILES string of the molecule is CCCCC(CC)CC(=O)c1c(F)cccc1F. The van der Waals surface area contributed by atoms with Gasteiger partial charge in [0.25, 0.3) is 0 Å². The molecule has 1 nitrogen and oxygen atoms in total. The van der Waals surface area contributed by atoms with Crippen LogP contribution in [-0.4, -0.2) is 5.78 Å². The summed E-state index contributed by atoms with van der Waals surface area (Å²) in [6.45, 7) is 4.09. The van der Waals surface area contributed by atoms with E-state index in [4.69, 9.17) is 0 Å². The Hall–Kier alpha value is -1.25. The van der Waals surface area contributed by atoms with Crippen molar-refractivity contribution in [3.8, 4) is 0 Å². The maximum atomic E-state index is 13.4. The second-order valence-electron chi connectivity index (χ2n) is 4.64. The fourth-order valence-electron chi connectivity index (χ4n) is 2.07. The van der Waals surface area contributed by atoms with Crippen LogP contribution in [0.4, 0.5) is 8.78 Å². The number of Topliss-reactive ketones (excluding diaryl/α,β-unsaturated/α-hetero) is 1. The third-order valence-electron chi connectivity index (χ3n) is 3.26. The van der Waals surface area contributed by atoms with Gasteiger partial charge in [0, 0.05) is 6.42 Å². The number of ketones is 1. The highest BCUT2D eigenvalue weighted by Crippen LogP contribution is 2.22. The lowest BCUT2D eigenvalue weighted by Crippen LogP contribution is -2.12. The van der Waals surface area contributed by atoms with Crippen molar-refractivity contribution in [3.63, 3.8) is 0 Å². The Labute approximate surface area is 107 Å². The highest BCUT2D eigenvalue weighted by atomic mass is 19.1. The van der Waals surface area contributed by atoms with Crippen molar-refractivity contribution in [2.24, 2.45) is 5.92 Å². The summed E-state index contributed by atoms with van der Waals surface area (Å²) < 4.78 is 26.9. The summed E-state index contributed by atoms with van der Waals surface area (Å²) in [7, 11) is 0. The Morgan fingerprint density at radius 1 is 1.22 bits per heavy atom. The minimum Gasteiger partial charge on any atom is -0.294 e. The molecule has 0 aliphatic rings. The lowest BCUT2D eigenvalue weighted by molar-refractivity contribution is 0.0948. The van der Waals surface area contributed by atoms with Crippen molar-refractivity contribution >= 4 is 5.78 Å². The molecule has 0 fully saturated rings. The van der Waals surface area contributed by atoms with Crippen LogP contribution in [0.1, 0.15) is 56.3 Å². The second kappa shape index (κ2) is 7.24. The number of rotatable bonds is 7. The normalized spacial score (nSPS) is 12.4. The summed E-state index contributed by atoms with van der Waals surface area (Å²) in [5, 5.41) is 0. The third-order valence-corrected chi connectivity index (χ3v) is 3.26. The average molecular weight is 254 g/mol. The number of hydrogen-bond donors (Lipinski definition) is 0. The molecule has 0 bridgehead atoms. The zero-order valence-electron chi connectivity index (χ0n) is 11.0. The van der Waals surface area contributed by atoms with Gasteiger partial charge < -0.3 is 0 Å². The molecule has 0 aliphatic heterocycles. The van der Waals surface area contributed by atoms with E-state index in [0.29, 0.717) is 0 Å². The Balaban J connectivity index is 2.75. The quantitative estimate of drug-likeness (QED) is 0.641. The van der Waals surface area contributed by atoms with Crippen LogP contribution in [0.15, 0.2) is 18.2 Å². The van der Waals surface area contributed by atoms with E-state index in [1.54, 1.807) is 0 Å². The molecule has 0 radical (unpaired) electrons. The summed E-state index contributed by atoms with van der Waals surface area (Å²) >= 11 is 0. The molecule has 0 saturated heterocycles. The van der Waals surface area contributed by atoms with Crippen LogP contribution < -0.4 is 0 Å². The van der Waals surface area contributed by atoms with E-state index in [1.165, 1.54) is 6.07 Å². The van der Waals surface area contributed by atoms with Gasteiger partial charge in [-0.3, -0.25) is 4.79 Å². The Morgan fingerprint density at radius 2 is 1.83 bits per heavy atom. The van der Waals surface area contributed by atoms with Crippen molar-refractivity contribution in [2.45, 2.75) is 46.0 Å². The molecular weight excluding hydrogens is 234 g/mol. The molecule has 0 N–H and O–H groups in total. The fraction of sp³-hybridized carbons (Fsp3) is 0.533. The fourth-order valence-corrected chi connectivity index (χ4v) is 2.07. The number of hydrogen-bond acceptors (Lipinski definition) is 1. The lowest BCUT2D eigenvalue weighted by atomic mass is 9.91. The van der Waals surface area contributed by atoms with Gasteiger partial charge in [-0.15, -0.1) is 0 Å². The first-order valence-electron chi connectivity index (χ1n) is 6.57. The predicted octanol–water partition coefficient (Wildman–Crippen LogP) is 4.75. The Morgan fingerprint density at radius 3 is 2.33 bits per heavy atom. The van der Waals surface area contributed by atoms with Crippen molar-refractivity contribution in [1.29, 1.82) is 0 Å². The van der Waals surface area contributed by atoms with Crippen LogP contribution >= 0.6 is 0 Å². The molecule has 0 saturated carbocycles. The van der Waals surface area contributed by atoms with Gasteiger partial charge in [0.15, 0.2) is 5.78 Å². The summed E-state index contributed by atoms with van der Waals surface area (Å²) in [6.07, 6.45) is 4.15. The van der Waals surface area contributed by atoms with Crippen molar-refractivity contribution in [2.75, 3.05) is 0 Å². The van der Waals surface area contributed by atoms with E-state index < -0.39 is 17.4 Å². The minimum atomic E-state index is -0.759. The monoisotopic (exact) mass is 254 g/mol. The van der Waals surface area contributed by atoms with Crippen LogP contribution in [0.2, 0.25) is 0 Å². The smallest absolute Gasteiger partial charge is 0.169 e. The molecule has 1 aromatic carbocycles. The molecule has 1 rings (SSSR count). The van der Waals surface area contributed by atoms with Crippen molar-refractivity contribution in [3.05, 3.63) is 35.4 Å². The third kappa shape index (κ3) is 3.90. The van der Waals surface area contributed by atoms with Gasteiger partial charge in [-0.05, 0) is 18.1 Å². The predicted molar refractivity (Wildman–Crippen MR) is 68.6 cm³/mol. The highest BCUT2D eigenvalue weighted by molar-refractivity contribution is 5.96. The standard InChI is InChI=1S/C15H20F2O/c1-3-5-7-11(4-2)10-14(18)15-12(16)8-6-9-13(15)17/h6,8-9,11H,3-5,7,10H2,1-2H3. The van der Waals surface area contributed by atoms with Crippen LogP contribution in [0.25, 0.3) is 0 Å². The number of unbranched alkanes of at least 4 members (excludes halogenated alkanes) is 1. The molecule has 100 valence electrons. The molecule has 0 spiro atoms. The molecule has 3 heteroatoms. The van der Waals surface area contributed by atoms with Gasteiger partial charge in [-0.25, -0.2) is 8.78 Å². The summed E-state index contributed by atoms with van der Waals surface area (Å²) in [5.74, 6) is -1.72. The van der Waals surface area contributed by atoms with Gasteiger partial charge in [0.2, 0.25) is 0 Å². The van der Waals surface area contributed by atoms with Gasteiger partial charge in [-0.1, -0.05) is 45.6 Å². The van der Waals surface area contributed by atoms with Crippen LogP contribution in [0, 0.1) is 17.6 Å². The summed E-state index contributed by atoms with van der Waals surface area (Å²) in [4.78, 5) is 11.9. The van der Waals surface area contributed by atoms with Gasteiger partial charge >= 0.3 is 0 Å². The zero-order valence-corrected chi connectivity index (χ0v) is 11.0. The first kappa shape index (κ1) is 14.8. The van der Waals surface area contributed by atoms with Gasteiger partial charge in [0.1, 0.15) is 11.6 Å². The first-order valence-corrected chi connectivity index (χ1v) is 6.57. The molecule has 0 heterocycles. The van der Waals surface area contributed by atoms with E-state index in [-0.39, 0.29) is 17.9 Å². The first-order chi connectivity index (χ1) is 8.60. The van der Waals surface area contributed by atoms with E-state index in [0.717, 1.165) is 37.8 Å². The zero-order chi connectivity index (χ0) is 13.5. The molecule has 0 aromatic heterocycles. The molecule has 1 unspecified atom stereocenters. The van der Waals surface area contributed by atoms with Gasteiger partial charge in [0.05, 0.1) is 5.56 Å². The minimum absolute atomic E-state index is 0.219. The van der Waals surface area contributed by atoms with E-state index >= 15 is 0 Å². The number of benzene rings is 1. The maximum absolute atomic E-state index is 13.4. The second-order valence-corrected chi connectivity index (χ2v) is 4.64. The highest BCUT2D eigenvalue weighted by Gasteiger charge is 2.20. The molecule has 0 amide bonds. The van der Waals surface area contributed by atoms with E-state index in [2.05, 4.69) is 6.92 Å². The number of carbonyl (C=O) groups excluding carboxylic acids is 1. The summed E-state index contributed by atoms with van der Waals surface area (Å²) in [5.41, 5.74) is -0.382. The number of halogens is 2. The molecular formula is C15H20F2O. The lowest BCUT2D eigenvalue weighted by Gasteiger charge is -2.13. The van der Waals surface area contributed by atoms with Crippen molar-refractivity contribution in [1.82, 2.24) is 0 Å². The topological polar surface area (TPSA) is 17.1 Å². The molecule has 0 aliphatic carbocycles. The summed E-state index contributed by atoms with van der Waals surface area (Å²) in [6, 6.07) is 3.53. The largest absolute Gasteiger partial charge is 0.294 e. The number of carbonyl (C=O) groups is 1. The molecule has 18 heavy (non-hydrogen) atoms. The Bertz CT molecular complexity index is 381. The van der Waals surface area contributed by atoms with Crippen LogP contribution in [0.5, 0.6) is 0 Å². The van der Waals surface area contributed by atoms with Crippen LogP contribution in [-0.2, 0) is 0 Å². The van der Waals surface area contributed by atoms with E-state index in [1.807, 2.05) is 6.92 Å². The molecule has 1 atom stereocenters. The van der Waals surface area contributed by atoms with E-state index in [9.17, 15) is 13.6 Å². The average Bonchev–Trinajstić information content (AvgIpc) is 2.34. The van der Waals surface area contributed by atoms with Gasteiger partial charge in [-0.2, -0.15) is 0 Å². The molecule has 1 aromatic rings. The maximum Gasteiger partial charge on any atom is 0.169 e. The Kier molecular flexibility index (Phi) is 5.96. The van der Waals surface area contributed by atoms with Crippen molar-refractivity contribution < 1.29 is 13.6 Å².